The lowest BCUT2D eigenvalue weighted by molar-refractivity contribution is -0.139. The number of aliphatic hydroxyl groups is 1. The van der Waals surface area contributed by atoms with Gasteiger partial charge >= 0.3 is 0 Å². The molecule has 1 saturated heterocycles. The first-order chi connectivity index (χ1) is 17.5. The lowest BCUT2D eigenvalue weighted by Gasteiger charge is -2.25. The molecule has 36 heavy (non-hydrogen) atoms. The van der Waals surface area contributed by atoms with Gasteiger partial charge in [-0.3, -0.25) is 9.59 Å². The maximum absolute atomic E-state index is 13.3. The molecular formula is C29H33N3O4. The third-order valence-corrected chi connectivity index (χ3v) is 6.49. The Kier molecular flexibility index (Phi) is 8.21. The second-order valence-corrected chi connectivity index (χ2v) is 8.97. The van der Waals surface area contributed by atoms with Crippen LogP contribution in [0.5, 0.6) is 5.75 Å². The topological polar surface area (TPSA) is 84.7 Å². The zero-order valence-corrected chi connectivity index (χ0v) is 20.9. The Balaban J connectivity index is 1.69. The van der Waals surface area contributed by atoms with Crippen molar-refractivity contribution in [2.75, 3.05) is 13.2 Å². The first-order valence-electron chi connectivity index (χ1n) is 12.6. The second-order valence-electron chi connectivity index (χ2n) is 8.97. The molecule has 1 fully saturated rings. The Morgan fingerprint density at radius 1 is 1.06 bits per heavy atom. The molecule has 1 unspecified atom stereocenters. The highest BCUT2D eigenvalue weighted by Crippen LogP contribution is 2.40. The van der Waals surface area contributed by atoms with E-state index in [1.165, 1.54) is 0 Å². The highest BCUT2D eigenvalue weighted by molar-refractivity contribution is 6.46. The van der Waals surface area contributed by atoms with Crippen molar-refractivity contribution in [1.29, 1.82) is 0 Å². The van der Waals surface area contributed by atoms with Gasteiger partial charge in [-0.05, 0) is 42.5 Å². The summed E-state index contributed by atoms with van der Waals surface area (Å²) in [7, 11) is 0. The summed E-state index contributed by atoms with van der Waals surface area (Å²) >= 11 is 0. The molecule has 1 aliphatic rings. The van der Waals surface area contributed by atoms with E-state index in [4.69, 9.17) is 4.74 Å². The van der Waals surface area contributed by atoms with Crippen LogP contribution in [0.4, 0.5) is 0 Å². The average Bonchev–Trinajstić information content (AvgIpc) is 3.51. The van der Waals surface area contributed by atoms with Crippen molar-refractivity contribution in [3.63, 3.8) is 0 Å². The number of aliphatic hydroxyl groups excluding tert-OH is 1. The normalized spacial score (nSPS) is 17.1. The number of hydrogen-bond donors (Lipinski definition) is 1. The standard InChI is InChI=1S/C29H33N3O4/c1-3-5-18-36-24-9-6-8-23(19-24)27(33)25-26(22-12-10-21(4-2)11-13-22)32(29(35)28(25)34)16-7-15-31-17-14-30-20-31/h6,8-14,17,19-20,26,33H,3-5,7,15-16,18H2,1-2H3. The van der Waals surface area contributed by atoms with Crippen molar-refractivity contribution >= 4 is 17.4 Å². The summed E-state index contributed by atoms with van der Waals surface area (Å²) in [5.74, 6) is -0.832. The van der Waals surface area contributed by atoms with Gasteiger partial charge in [-0.15, -0.1) is 0 Å². The van der Waals surface area contributed by atoms with E-state index < -0.39 is 17.7 Å². The van der Waals surface area contributed by atoms with E-state index in [1.54, 1.807) is 35.6 Å². The van der Waals surface area contributed by atoms with Crippen molar-refractivity contribution in [3.05, 3.63) is 89.5 Å². The molecular weight excluding hydrogens is 454 g/mol. The number of benzene rings is 2. The average molecular weight is 488 g/mol. The Bertz CT molecular complexity index is 1220. The van der Waals surface area contributed by atoms with Crippen LogP contribution in [0, 0.1) is 0 Å². The first kappa shape index (κ1) is 25.2. The van der Waals surface area contributed by atoms with Crippen LogP contribution >= 0.6 is 0 Å². The lowest BCUT2D eigenvalue weighted by atomic mass is 9.94. The van der Waals surface area contributed by atoms with E-state index in [1.807, 2.05) is 41.1 Å². The minimum atomic E-state index is -0.669. The number of hydrogen-bond acceptors (Lipinski definition) is 5. The van der Waals surface area contributed by atoms with E-state index in [2.05, 4.69) is 18.8 Å². The third kappa shape index (κ3) is 5.51. The minimum absolute atomic E-state index is 0.109. The fourth-order valence-electron chi connectivity index (χ4n) is 4.46. The van der Waals surface area contributed by atoms with Gasteiger partial charge in [0.05, 0.1) is 24.5 Å². The second kappa shape index (κ2) is 11.7. The molecule has 2 aromatic carbocycles. The number of aryl methyl sites for hydroxylation is 2. The molecule has 0 bridgehead atoms. The lowest BCUT2D eigenvalue weighted by Crippen LogP contribution is -2.31. The number of amides is 1. The Hall–Kier alpha value is -3.87. The zero-order chi connectivity index (χ0) is 25.5. The monoisotopic (exact) mass is 487 g/mol. The number of aromatic nitrogens is 2. The quantitative estimate of drug-likeness (QED) is 0.175. The van der Waals surface area contributed by atoms with Gasteiger partial charge in [0.2, 0.25) is 0 Å². The first-order valence-corrected chi connectivity index (χ1v) is 12.6. The summed E-state index contributed by atoms with van der Waals surface area (Å²) in [5, 5.41) is 11.3. The van der Waals surface area contributed by atoms with Crippen LogP contribution < -0.4 is 4.74 Å². The van der Waals surface area contributed by atoms with Crippen LogP contribution in [0.3, 0.4) is 0 Å². The molecule has 2 heterocycles. The van der Waals surface area contributed by atoms with Crippen molar-refractivity contribution in [2.45, 2.75) is 52.1 Å². The highest BCUT2D eigenvalue weighted by Gasteiger charge is 2.45. The van der Waals surface area contributed by atoms with Crippen LogP contribution in [0.2, 0.25) is 0 Å². The summed E-state index contributed by atoms with van der Waals surface area (Å²) in [6.45, 7) is 5.78. The van der Waals surface area contributed by atoms with Gasteiger partial charge in [0, 0.05) is 31.0 Å². The Morgan fingerprint density at radius 3 is 2.56 bits per heavy atom. The molecule has 0 radical (unpaired) electrons. The van der Waals surface area contributed by atoms with Crippen LogP contribution in [-0.4, -0.2) is 44.4 Å². The number of Topliss-reactive ketones (excluding diaryl/α,β-unsaturated/α-hetero) is 1. The minimum Gasteiger partial charge on any atom is -0.507 e. The molecule has 188 valence electrons. The number of imidazole rings is 1. The summed E-state index contributed by atoms with van der Waals surface area (Å²) in [6, 6.07) is 14.3. The summed E-state index contributed by atoms with van der Waals surface area (Å²) in [5.41, 5.74) is 2.52. The Morgan fingerprint density at radius 2 is 1.86 bits per heavy atom. The van der Waals surface area contributed by atoms with Crippen molar-refractivity contribution in [2.24, 2.45) is 0 Å². The molecule has 1 amide bonds. The molecule has 3 aromatic rings. The molecule has 0 aliphatic carbocycles. The molecule has 1 N–H and O–H groups in total. The number of carbonyl (C=O) groups is 2. The van der Waals surface area contributed by atoms with Gasteiger partial charge in [0.25, 0.3) is 11.7 Å². The highest BCUT2D eigenvalue weighted by atomic mass is 16.5. The predicted molar refractivity (Wildman–Crippen MR) is 139 cm³/mol. The van der Waals surface area contributed by atoms with E-state index in [-0.39, 0.29) is 11.3 Å². The number of unbranched alkanes of at least 4 members (excludes halogenated alkanes) is 1. The summed E-state index contributed by atoms with van der Waals surface area (Å²) in [6.07, 6.45) is 8.77. The fourth-order valence-corrected chi connectivity index (χ4v) is 4.46. The van der Waals surface area contributed by atoms with Crippen molar-refractivity contribution < 1.29 is 19.4 Å². The number of carbonyl (C=O) groups excluding carboxylic acids is 2. The van der Waals surface area contributed by atoms with Crippen molar-refractivity contribution in [3.8, 4) is 5.75 Å². The largest absolute Gasteiger partial charge is 0.507 e. The maximum atomic E-state index is 13.3. The van der Waals surface area contributed by atoms with E-state index in [0.29, 0.717) is 37.4 Å². The smallest absolute Gasteiger partial charge is 0.295 e. The molecule has 1 atom stereocenters. The molecule has 0 spiro atoms. The van der Waals surface area contributed by atoms with Gasteiger partial charge in [-0.25, -0.2) is 4.98 Å². The summed E-state index contributed by atoms with van der Waals surface area (Å²) < 4.78 is 7.73. The zero-order valence-electron chi connectivity index (χ0n) is 20.9. The Labute approximate surface area is 212 Å². The third-order valence-electron chi connectivity index (χ3n) is 6.49. The van der Waals surface area contributed by atoms with Gasteiger partial charge in [0.1, 0.15) is 11.5 Å². The molecule has 7 heteroatoms. The van der Waals surface area contributed by atoms with Crippen LogP contribution in [0.15, 0.2) is 72.8 Å². The van der Waals surface area contributed by atoms with E-state index in [0.717, 1.165) is 30.4 Å². The van der Waals surface area contributed by atoms with Gasteiger partial charge in [0.15, 0.2) is 0 Å². The fraction of sp³-hybridized carbons (Fsp3) is 0.345. The van der Waals surface area contributed by atoms with Gasteiger partial charge in [-0.2, -0.15) is 0 Å². The number of ether oxygens (including phenoxy) is 1. The number of nitrogens with zero attached hydrogens (tertiary/aromatic N) is 3. The van der Waals surface area contributed by atoms with Crippen LogP contribution in [-0.2, 0) is 22.6 Å². The van der Waals surface area contributed by atoms with Crippen LogP contribution in [0.25, 0.3) is 5.76 Å². The molecule has 4 rings (SSSR count). The molecule has 0 saturated carbocycles. The number of ketones is 1. The van der Waals surface area contributed by atoms with Gasteiger partial charge < -0.3 is 19.3 Å². The SMILES string of the molecule is CCCCOc1cccc(C(O)=C2C(=O)C(=O)N(CCCn3ccnc3)C2c2ccc(CC)cc2)c1. The van der Waals surface area contributed by atoms with Gasteiger partial charge in [-0.1, -0.05) is 56.7 Å². The molecule has 1 aromatic heterocycles. The molecule has 1 aliphatic heterocycles. The summed E-state index contributed by atoms with van der Waals surface area (Å²) in [4.78, 5) is 32.1. The van der Waals surface area contributed by atoms with E-state index >= 15 is 0 Å². The van der Waals surface area contributed by atoms with E-state index in [9.17, 15) is 14.7 Å². The number of rotatable bonds is 11. The maximum Gasteiger partial charge on any atom is 0.295 e. The number of likely N-dealkylation sites (tertiary alicyclic amines) is 1. The van der Waals surface area contributed by atoms with Crippen LogP contribution in [0.1, 0.15) is 55.8 Å². The molecule has 7 nitrogen and oxygen atoms in total. The predicted octanol–water partition coefficient (Wildman–Crippen LogP) is 5.14. The van der Waals surface area contributed by atoms with Crippen molar-refractivity contribution in [1.82, 2.24) is 14.5 Å².